The van der Waals surface area contributed by atoms with Gasteiger partial charge in [0, 0.05) is 17.6 Å². The zero-order chi connectivity index (χ0) is 13.1. The second-order valence-electron chi connectivity index (χ2n) is 4.89. The second kappa shape index (κ2) is 5.44. The van der Waals surface area contributed by atoms with Crippen LogP contribution in [-0.4, -0.2) is 30.5 Å². The van der Waals surface area contributed by atoms with E-state index in [1.54, 1.807) is 0 Å². The van der Waals surface area contributed by atoms with E-state index in [2.05, 4.69) is 39.6 Å². The molecule has 4 nitrogen and oxygen atoms in total. The van der Waals surface area contributed by atoms with Gasteiger partial charge in [0.15, 0.2) is 0 Å². The number of aryl methyl sites for hydroxylation is 1. The predicted octanol–water partition coefficient (Wildman–Crippen LogP) is 1.61. The van der Waals surface area contributed by atoms with E-state index in [1.165, 1.54) is 5.56 Å². The summed E-state index contributed by atoms with van der Waals surface area (Å²) in [6.45, 7) is 2.87. The van der Waals surface area contributed by atoms with Crippen LogP contribution in [0.4, 0.5) is 0 Å². The third-order valence-corrected chi connectivity index (χ3v) is 3.00. The van der Waals surface area contributed by atoms with Crippen LogP contribution >= 0.6 is 0 Å². The maximum Gasteiger partial charge on any atom is 0.0705 e. The molecule has 3 N–H and O–H groups in total. The van der Waals surface area contributed by atoms with E-state index in [1.807, 2.05) is 27.1 Å². The first-order valence-electron chi connectivity index (χ1n) is 6.08. The van der Waals surface area contributed by atoms with E-state index in [-0.39, 0.29) is 6.04 Å². The van der Waals surface area contributed by atoms with E-state index in [0.29, 0.717) is 0 Å². The Labute approximate surface area is 108 Å². The van der Waals surface area contributed by atoms with Crippen LogP contribution in [0.25, 0.3) is 10.9 Å². The van der Waals surface area contributed by atoms with Gasteiger partial charge in [0.25, 0.3) is 0 Å². The molecule has 1 aromatic heterocycles. The molecule has 1 unspecified atom stereocenters. The van der Waals surface area contributed by atoms with E-state index in [4.69, 9.17) is 5.84 Å². The Morgan fingerprint density at radius 2 is 2.06 bits per heavy atom. The minimum Gasteiger partial charge on any atom is -0.307 e. The van der Waals surface area contributed by atoms with Crippen molar-refractivity contribution < 1.29 is 0 Å². The van der Waals surface area contributed by atoms with Gasteiger partial charge in [0.05, 0.1) is 11.6 Å². The van der Waals surface area contributed by atoms with Gasteiger partial charge in [-0.3, -0.25) is 16.3 Å². The molecule has 0 aliphatic rings. The van der Waals surface area contributed by atoms with Gasteiger partial charge >= 0.3 is 0 Å². The predicted molar refractivity (Wildman–Crippen MR) is 75.1 cm³/mol. The third-order valence-electron chi connectivity index (χ3n) is 3.00. The number of rotatable bonds is 4. The normalized spacial score (nSPS) is 13.2. The Bertz CT molecular complexity index is 536. The van der Waals surface area contributed by atoms with Gasteiger partial charge in [0.1, 0.15) is 0 Å². The van der Waals surface area contributed by atoms with Gasteiger partial charge in [-0.1, -0.05) is 12.1 Å². The topological polar surface area (TPSA) is 54.2 Å². The van der Waals surface area contributed by atoms with Gasteiger partial charge in [0.2, 0.25) is 0 Å². The molecule has 0 saturated carbocycles. The number of aromatic nitrogens is 1. The fourth-order valence-corrected chi connectivity index (χ4v) is 2.08. The van der Waals surface area contributed by atoms with Crippen molar-refractivity contribution in [2.75, 3.05) is 20.6 Å². The molecule has 0 aliphatic carbocycles. The molecule has 2 rings (SSSR count). The number of likely N-dealkylation sites (N-methyl/N-ethyl adjacent to an activating group) is 1. The maximum atomic E-state index is 5.63. The number of nitrogens with zero attached hydrogens (tertiary/aromatic N) is 2. The quantitative estimate of drug-likeness (QED) is 0.634. The Hall–Kier alpha value is -1.49. The van der Waals surface area contributed by atoms with Crippen LogP contribution in [0.5, 0.6) is 0 Å². The summed E-state index contributed by atoms with van der Waals surface area (Å²) in [6, 6.07) is 10.6. The van der Waals surface area contributed by atoms with Crippen LogP contribution in [0.1, 0.15) is 17.3 Å². The Morgan fingerprint density at radius 3 is 2.72 bits per heavy atom. The minimum atomic E-state index is 0.130. The maximum absolute atomic E-state index is 5.63. The SMILES string of the molecule is Cc1ccc2cc(C(CN(C)C)NN)ccc2n1. The molecule has 0 spiro atoms. The monoisotopic (exact) mass is 244 g/mol. The van der Waals surface area contributed by atoms with Crippen LogP contribution in [0.2, 0.25) is 0 Å². The molecule has 2 aromatic rings. The molecule has 0 aliphatic heterocycles. The summed E-state index contributed by atoms with van der Waals surface area (Å²) in [5.41, 5.74) is 6.11. The molecular formula is C14H20N4. The summed E-state index contributed by atoms with van der Waals surface area (Å²) < 4.78 is 0. The first kappa shape index (κ1) is 13.0. The van der Waals surface area contributed by atoms with Crippen molar-refractivity contribution in [2.45, 2.75) is 13.0 Å². The lowest BCUT2D eigenvalue weighted by molar-refractivity contribution is 0.344. The van der Waals surface area contributed by atoms with Gasteiger partial charge in [-0.2, -0.15) is 0 Å². The first-order valence-corrected chi connectivity index (χ1v) is 6.08. The second-order valence-corrected chi connectivity index (χ2v) is 4.89. The van der Waals surface area contributed by atoms with E-state index in [0.717, 1.165) is 23.1 Å². The summed E-state index contributed by atoms with van der Waals surface area (Å²) >= 11 is 0. The Balaban J connectivity index is 2.36. The lowest BCUT2D eigenvalue weighted by Crippen LogP contribution is -2.35. The molecule has 0 radical (unpaired) electrons. The van der Waals surface area contributed by atoms with Crippen molar-refractivity contribution in [2.24, 2.45) is 5.84 Å². The van der Waals surface area contributed by atoms with Crippen molar-refractivity contribution in [3.8, 4) is 0 Å². The van der Waals surface area contributed by atoms with Crippen LogP contribution in [0.3, 0.4) is 0 Å². The molecule has 0 amide bonds. The van der Waals surface area contributed by atoms with Gasteiger partial charge in [-0.15, -0.1) is 0 Å². The fraction of sp³-hybridized carbons (Fsp3) is 0.357. The molecule has 1 heterocycles. The van der Waals surface area contributed by atoms with Crippen molar-refractivity contribution in [1.82, 2.24) is 15.3 Å². The van der Waals surface area contributed by atoms with E-state index >= 15 is 0 Å². The Morgan fingerprint density at radius 1 is 1.28 bits per heavy atom. The highest BCUT2D eigenvalue weighted by atomic mass is 15.3. The molecular weight excluding hydrogens is 224 g/mol. The first-order chi connectivity index (χ1) is 8.60. The zero-order valence-electron chi connectivity index (χ0n) is 11.1. The number of hydrogen-bond acceptors (Lipinski definition) is 4. The molecule has 0 bridgehead atoms. The van der Waals surface area contributed by atoms with Crippen LogP contribution in [0.15, 0.2) is 30.3 Å². The summed E-state index contributed by atoms with van der Waals surface area (Å²) in [5, 5.41) is 1.15. The lowest BCUT2D eigenvalue weighted by atomic mass is 10.0. The number of fused-ring (bicyclic) bond motifs is 1. The summed E-state index contributed by atoms with van der Waals surface area (Å²) in [4.78, 5) is 6.61. The zero-order valence-corrected chi connectivity index (χ0v) is 11.1. The average molecular weight is 244 g/mol. The lowest BCUT2D eigenvalue weighted by Gasteiger charge is -2.20. The summed E-state index contributed by atoms with van der Waals surface area (Å²) in [5.74, 6) is 5.63. The Kier molecular flexibility index (Phi) is 3.91. The van der Waals surface area contributed by atoms with Crippen molar-refractivity contribution in [1.29, 1.82) is 0 Å². The third kappa shape index (κ3) is 2.85. The van der Waals surface area contributed by atoms with Crippen molar-refractivity contribution >= 4 is 10.9 Å². The van der Waals surface area contributed by atoms with Gasteiger partial charge in [-0.25, -0.2) is 0 Å². The molecule has 1 aromatic carbocycles. The minimum absolute atomic E-state index is 0.130. The smallest absolute Gasteiger partial charge is 0.0705 e. The number of hydrazine groups is 1. The van der Waals surface area contributed by atoms with E-state index in [9.17, 15) is 0 Å². The summed E-state index contributed by atoms with van der Waals surface area (Å²) in [7, 11) is 4.08. The molecule has 96 valence electrons. The number of nitrogens with one attached hydrogen (secondary N) is 1. The van der Waals surface area contributed by atoms with Gasteiger partial charge < -0.3 is 4.90 Å². The highest BCUT2D eigenvalue weighted by molar-refractivity contribution is 5.79. The number of nitrogens with two attached hydrogens (primary N) is 1. The average Bonchev–Trinajstić information content (AvgIpc) is 2.35. The number of pyridine rings is 1. The molecule has 1 atom stereocenters. The standard InChI is InChI=1S/C14H20N4/c1-10-4-5-11-8-12(6-7-13(11)16-10)14(17-15)9-18(2)3/h4-8,14,17H,9,15H2,1-3H3. The number of hydrogen-bond donors (Lipinski definition) is 2. The molecule has 18 heavy (non-hydrogen) atoms. The van der Waals surface area contributed by atoms with Crippen molar-refractivity contribution in [3.05, 3.63) is 41.6 Å². The molecule has 4 heteroatoms. The number of benzene rings is 1. The summed E-state index contributed by atoms with van der Waals surface area (Å²) in [6.07, 6.45) is 0. The molecule has 0 fully saturated rings. The van der Waals surface area contributed by atoms with Crippen molar-refractivity contribution in [3.63, 3.8) is 0 Å². The van der Waals surface area contributed by atoms with Crippen LogP contribution < -0.4 is 11.3 Å². The highest BCUT2D eigenvalue weighted by Crippen LogP contribution is 2.19. The fourth-order valence-electron chi connectivity index (χ4n) is 2.08. The molecule has 0 saturated heterocycles. The van der Waals surface area contributed by atoms with Gasteiger partial charge in [-0.05, 0) is 44.8 Å². The van der Waals surface area contributed by atoms with Crippen LogP contribution in [0, 0.1) is 6.92 Å². The van der Waals surface area contributed by atoms with E-state index < -0.39 is 0 Å². The highest BCUT2D eigenvalue weighted by Gasteiger charge is 2.11. The van der Waals surface area contributed by atoms with Crippen LogP contribution in [-0.2, 0) is 0 Å². The largest absolute Gasteiger partial charge is 0.307 e.